The third kappa shape index (κ3) is 3.17. The van der Waals surface area contributed by atoms with Gasteiger partial charge in [-0.2, -0.15) is 0 Å². The van der Waals surface area contributed by atoms with Crippen molar-refractivity contribution in [3.05, 3.63) is 20.2 Å². The second-order valence-electron chi connectivity index (χ2n) is 3.46. The van der Waals surface area contributed by atoms with Gasteiger partial charge in [-0.25, -0.2) is 0 Å². The molecular formula is C11H19NO3S. The molecule has 0 radical (unpaired) electrons. The zero-order valence-electron chi connectivity index (χ0n) is 10.3. The molecule has 0 N–H and O–H groups in total. The first-order chi connectivity index (χ1) is 7.60. The third-order valence-electron chi connectivity index (χ3n) is 2.41. The highest BCUT2D eigenvalue weighted by Crippen LogP contribution is 2.11. The highest BCUT2D eigenvalue weighted by atomic mass is 32.1. The number of ether oxygens (including phenoxy) is 2. The summed E-state index contributed by atoms with van der Waals surface area (Å²) in [6.45, 7) is 9.37. The van der Waals surface area contributed by atoms with Crippen LogP contribution in [0.2, 0.25) is 0 Å². The van der Waals surface area contributed by atoms with Gasteiger partial charge in [0.15, 0.2) is 6.29 Å². The van der Waals surface area contributed by atoms with Gasteiger partial charge in [-0.05, 0) is 27.7 Å². The van der Waals surface area contributed by atoms with Crippen molar-refractivity contribution in [2.75, 3.05) is 13.2 Å². The average molecular weight is 245 g/mol. The number of hydrogen-bond acceptors (Lipinski definition) is 4. The lowest BCUT2D eigenvalue weighted by Gasteiger charge is -2.17. The maximum Gasteiger partial charge on any atom is 0.307 e. The first-order valence-corrected chi connectivity index (χ1v) is 6.31. The molecular weight excluding hydrogens is 226 g/mol. The van der Waals surface area contributed by atoms with Gasteiger partial charge >= 0.3 is 4.87 Å². The number of hydrogen-bond donors (Lipinski definition) is 0. The summed E-state index contributed by atoms with van der Waals surface area (Å²) in [5.74, 6) is 0. The Morgan fingerprint density at radius 3 is 2.19 bits per heavy atom. The molecule has 0 spiro atoms. The predicted molar refractivity (Wildman–Crippen MR) is 65.1 cm³/mol. The summed E-state index contributed by atoms with van der Waals surface area (Å²) in [5.41, 5.74) is 0.999. The van der Waals surface area contributed by atoms with E-state index in [-0.39, 0.29) is 11.2 Å². The SMILES string of the molecule is CCOC(Cn1c(C)c(C)sc1=O)OCC. The number of aromatic nitrogens is 1. The topological polar surface area (TPSA) is 40.5 Å². The zero-order valence-corrected chi connectivity index (χ0v) is 11.1. The lowest BCUT2D eigenvalue weighted by Crippen LogP contribution is -2.28. The Hall–Kier alpha value is -0.650. The normalized spacial score (nSPS) is 11.3. The number of aryl methyl sites for hydroxylation is 1. The van der Waals surface area contributed by atoms with E-state index >= 15 is 0 Å². The van der Waals surface area contributed by atoms with Gasteiger partial charge in [0.1, 0.15) is 0 Å². The van der Waals surface area contributed by atoms with Crippen LogP contribution in [0.1, 0.15) is 24.4 Å². The standard InChI is InChI=1S/C11H19NO3S/c1-5-14-10(15-6-2)7-12-8(3)9(4)16-11(12)13/h10H,5-7H2,1-4H3. The van der Waals surface area contributed by atoms with Gasteiger partial charge in [0.05, 0.1) is 6.54 Å². The summed E-state index contributed by atoms with van der Waals surface area (Å²) in [6, 6.07) is 0. The molecule has 0 saturated carbocycles. The monoisotopic (exact) mass is 245 g/mol. The molecule has 0 aliphatic rings. The lowest BCUT2D eigenvalue weighted by atomic mass is 10.4. The summed E-state index contributed by atoms with van der Waals surface area (Å²) in [4.78, 5) is 12.8. The van der Waals surface area contributed by atoms with Gasteiger partial charge in [-0.15, -0.1) is 0 Å². The van der Waals surface area contributed by atoms with Crippen molar-refractivity contribution in [3.8, 4) is 0 Å². The molecule has 0 aliphatic heterocycles. The highest BCUT2D eigenvalue weighted by Gasteiger charge is 2.14. The van der Waals surface area contributed by atoms with Gasteiger partial charge in [0.25, 0.3) is 0 Å². The van der Waals surface area contributed by atoms with Crippen LogP contribution in [-0.2, 0) is 16.0 Å². The molecule has 5 heteroatoms. The van der Waals surface area contributed by atoms with E-state index < -0.39 is 0 Å². The van der Waals surface area contributed by atoms with Crippen LogP contribution in [-0.4, -0.2) is 24.1 Å². The zero-order chi connectivity index (χ0) is 12.1. The van der Waals surface area contributed by atoms with Crippen molar-refractivity contribution in [3.63, 3.8) is 0 Å². The van der Waals surface area contributed by atoms with Crippen LogP contribution in [0.4, 0.5) is 0 Å². The third-order valence-corrected chi connectivity index (χ3v) is 3.41. The van der Waals surface area contributed by atoms with Crippen molar-refractivity contribution in [1.29, 1.82) is 0 Å². The van der Waals surface area contributed by atoms with E-state index in [2.05, 4.69) is 0 Å². The van der Waals surface area contributed by atoms with Crippen LogP contribution in [0.3, 0.4) is 0 Å². The van der Waals surface area contributed by atoms with Gasteiger partial charge in [0.2, 0.25) is 0 Å². The van der Waals surface area contributed by atoms with E-state index in [4.69, 9.17) is 9.47 Å². The molecule has 0 aliphatic carbocycles. The van der Waals surface area contributed by atoms with Crippen molar-refractivity contribution >= 4 is 11.3 Å². The van der Waals surface area contributed by atoms with Gasteiger partial charge in [-0.1, -0.05) is 11.3 Å². The Labute approximate surface area is 99.8 Å². The molecule has 16 heavy (non-hydrogen) atoms. The summed E-state index contributed by atoms with van der Waals surface area (Å²) in [5, 5.41) is 0. The molecule has 1 heterocycles. The number of rotatable bonds is 6. The molecule has 0 unspecified atom stereocenters. The Morgan fingerprint density at radius 1 is 1.25 bits per heavy atom. The van der Waals surface area contributed by atoms with Gasteiger partial charge in [-0.3, -0.25) is 9.36 Å². The summed E-state index contributed by atoms with van der Waals surface area (Å²) < 4.78 is 12.6. The summed E-state index contributed by atoms with van der Waals surface area (Å²) >= 11 is 1.27. The lowest BCUT2D eigenvalue weighted by molar-refractivity contribution is -0.144. The predicted octanol–water partition coefficient (Wildman–Crippen LogP) is 1.93. The Morgan fingerprint density at radius 2 is 1.81 bits per heavy atom. The van der Waals surface area contributed by atoms with Crippen molar-refractivity contribution in [2.24, 2.45) is 0 Å². The van der Waals surface area contributed by atoms with E-state index in [1.807, 2.05) is 27.7 Å². The van der Waals surface area contributed by atoms with Gasteiger partial charge < -0.3 is 9.47 Å². The summed E-state index contributed by atoms with van der Waals surface area (Å²) in [6.07, 6.45) is -0.333. The van der Waals surface area contributed by atoms with E-state index in [0.29, 0.717) is 19.8 Å². The van der Waals surface area contributed by atoms with Crippen molar-refractivity contribution in [1.82, 2.24) is 4.57 Å². The largest absolute Gasteiger partial charge is 0.351 e. The molecule has 1 aromatic rings. The second kappa shape index (κ2) is 6.18. The van der Waals surface area contributed by atoms with Crippen molar-refractivity contribution in [2.45, 2.75) is 40.5 Å². The highest BCUT2D eigenvalue weighted by molar-refractivity contribution is 7.09. The fourth-order valence-corrected chi connectivity index (χ4v) is 2.31. The fraction of sp³-hybridized carbons (Fsp3) is 0.727. The van der Waals surface area contributed by atoms with Crippen LogP contribution in [0.15, 0.2) is 4.79 Å². The minimum atomic E-state index is -0.333. The Bertz CT molecular complexity index is 377. The van der Waals surface area contributed by atoms with E-state index in [9.17, 15) is 4.79 Å². The fourth-order valence-electron chi connectivity index (χ4n) is 1.47. The van der Waals surface area contributed by atoms with Crippen LogP contribution < -0.4 is 4.87 Å². The molecule has 0 bridgehead atoms. The number of thiazole rings is 1. The average Bonchev–Trinajstić information content (AvgIpc) is 2.46. The van der Waals surface area contributed by atoms with Crippen LogP contribution in [0.5, 0.6) is 0 Å². The Kier molecular flexibility index (Phi) is 5.18. The van der Waals surface area contributed by atoms with Crippen LogP contribution in [0.25, 0.3) is 0 Å². The molecule has 0 fully saturated rings. The maximum atomic E-state index is 11.7. The van der Waals surface area contributed by atoms with E-state index in [1.54, 1.807) is 4.57 Å². The van der Waals surface area contributed by atoms with Crippen molar-refractivity contribution < 1.29 is 9.47 Å². The molecule has 0 aromatic carbocycles. The second-order valence-corrected chi connectivity index (χ2v) is 4.63. The molecule has 1 aromatic heterocycles. The van der Waals surface area contributed by atoms with E-state index in [0.717, 1.165) is 10.6 Å². The first kappa shape index (κ1) is 13.4. The van der Waals surface area contributed by atoms with E-state index in [1.165, 1.54) is 11.3 Å². The van der Waals surface area contributed by atoms with Crippen LogP contribution >= 0.6 is 11.3 Å². The minimum absolute atomic E-state index is 0.0550. The number of nitrogens with zero attached hydrogens (tertiary/aromatic N) is 1. The smallest absolute Gasteiger partial charge is 0.307 e. The molecule has 0 amide bonds. The van der Waals surface area contributed by atoms with Gasteiger partial charge in [0, 0.05) is 23.8 Å². The van der Waals surface area contributed by atoms with Crippen LogP contribution in [0, 0.1) is 13.8 Å². The molecule has 0 atom stereocenters. The molecule has 1 rings (SSSR count). The Balaban J connectivity index is 2.80. The summed E-state index contributed by atoms with van der Waals surface area (Å²) in [7, 11) is 0. The quantitative estimate of drug-likeness (QED) is 0.719. The molecule has 4 nitrogen and oxygen atoms in total. The molecule has 0 saturated heterocycles. The first-order valence-electron chi connectivity index (χ1n) is 5.50. The molecule has 92 valence electrons. The maximum absolute atomic E-state index is 11.7. The minimum Gasteiger partial charge on any atom is -0.351 e.